The fourth-order valence-corrected chi connectivity index (χ4v) is 10.1. The molecule has 0 amide bonds. The molecule has 4 nitrogen and oxygen atoms in total. The van der Waals surface area contributed by atoms with Crippen LogP contribution in [0.4, 0.5) is 5.69 Å². The SMILES string of the molecule is C=C1/C=C\C=C/N(C2=CCC(c3cccc4c5c(n(C6=CCCC=C6)c34)C=CCC5)C=C2)c2cccc(-c3cccc(C/N=C(\C=C(/N)C4=CCCC=C4)C4=CCCCC4)c3)c21. The molecule has 2 N–H and O–H groups in total. The van der Waals surface area contributed by atoms with Crippen molar-refractivity contribution in [1.82, 2.24) is 4.57 Å². The van der Waals surface area contributed by atoms with Crippen LogP contribution in [-0.4, -0.2) is 10.3 Å². The van der Waals surface area contributed by atoms with Gasteiger partial charge in [0.05, 0.1) is 23.5 Å². The number of rotatable bonds is 9. The van der Waals surface area contributed by atoms with Gasteiger partial charge in [-0.05, 0) is 158 Å². The van der Waals surface area contributed by atoms with E-state index in [9.17, 15) is 0 Å². The summed E-state index contributed by atoms with van der Waals surface area (Å²) in [5, 5.41) is 1.40. The Kier molecular flexibility index (Phi) is 11.3. The second kappa shape index (κ2) is 17.8. The quantitative estimate of drug-likeness (QED) is 0.171. The fraction of sp³-hybridized carbons (Fsp3) is 0.224. The minimum Gasteiger partial charge on any atom is -0.398 e. The molecule has 0 bridgehead atoms. The molecule has 308 valence electrons. The second-order valence-electron chi connectivity index (χ2n) is 17.2. The van der Waals surface area contributed by atoms with Crippen LogP contribution in [0.25, 0.3) is 39.4 Å². The lowest BCUT2D eigenvalue weighted by Gasteiger charge is -2.30. The number of aryl methyl sites for hydroxylation is 1. The molecule has 3 aromatic carbocycles. The van der Waals surface area contributed by atoms with Crippen LogP contribution in [0.3, 0.4) is 0 Å². The van der Waals surface area contributed by atoms with E-state index in [0.717, 1.165) is 103 Å². The van der Waals surface area contributed by atoms with Gasteiger partial charge < -0.3 is 15.2 Å². The van der Waals surface area contributed by atoms with Crippen LogP contribution in [0.15, 0.2) is 192 Å². The Balaban J connectivity index is 0.960. The van der Waals surface area contributed by atoms with Crippen molar-refractivity contribution >= 4 is 39.6 Å². The van der Waals surface area contributed by atoms with Gasteiger partial charge in [-0.3, -0.25) is 4.99 Å². The normalized spacial score (nSPS) is 21.1. The second-order valence-corrected chi connectivity index (χ2v) is 17.2. The van der Waals surface area contributed by atoms with E-state index in [1.807, 2.05) is 0 Å². The molecular weight excluding hydrogens is 753 g/mol. The van der Waals surface area contributed by atoms with Gasteiger partial charge in [-0.2, -0.15) is 0 Å². The first kappa shape index (κ1) is 39.5. The fourth-order valence-electron chi connectivity index (χ4n) is 10.1. The van der Waals surface area contributed by atoms with E-state index >= 15 is 0 Å². The average Bonchev–Trinajstić information content (AvgIpc) is 3.68. The lowest BCUT2D eigenvalue weighted by Crippen LogP contribution is -2.18. The molecule has 4 aromatic rings. The lowest BCUT2D eigenvalue weighted by atomic mass is 9.88. The van der Waals surface area contributed by atoms with E-state index in [-0.39, 0.29) is 5.92 Å². The Hall–Kier alpha value is -6.65. The minimum absolute atomic E-state index is 0.266. The van der Waals surface area contributed by atoms with E-state index in [2.05, 4.69) is 180 Å². The third-order valence-corrected chi connectivity index (χ3v) is 13.2. The van der Waals surface area contributed by atoms with Crippen LogP contribution < -0.4 is 10.6 Å². The number of hydrogen-bond donors (Lipinski definition) is 1. The molecule has 0 saturated heterocycles. The summed E-state index contributed by atoms with van der Waals surface area (Å²) < 4.78 is 2.55. The van der Waals surface area contributed by atoms with E-state index in [1.165, 1.54) is 63.1 Å². The van der Waals surface area contributed by atoms with Crippen molar-refractivity contribution in [3.8, 4) is 11.1 Å². The Morgan fingerprint density at radius 2 is 1.65 bits per heavy atom. The molecule has 0 fully saturated rings. The summed E-state index contributed by atoms with van der Waals surface area (Å²) in [5.74, 6) is 0.266. The van der Waals surface area contributed by atoms with Gasteiger partial charge in [0.25, 0.3) is 0 Å². The number of fused-ring (bicyclic) bond motifs is 4. The summed E-state index contributed by atoms with van der Waals surface area (Å²) in [6.07, 6.45) is 50.5. The van der Waals surface area contributed by atoms with E-state index in [1.54, 1.807) is 0 Å². The van der Waals surface area contributed by atoms with Crippen LogP contribution in [0, 0.1) is 0 Å². The molecule has 4 heteroatoms. The molecule has 5 aliphatic carbocycles. The highest BCUT2D eigenvalue weighted by Crippen LogP contribution is 2.43. The molecule has 0 radical (unpaired) electrons. The molecule has 6 aliphatic rings. The summed E-state index contributed by atoms with van der Waals surface area (Å²) in [4.78, 5) is 7.59. The largest absolute Gasteiger partial charge is 0.398 e. The highest BCUT2D eigenvalue weighted by Gasteiger charge is 2.26. The lowest BCUT2D eigenvalue weighted by molar-refractivity contribution is 0.717. The van der Waals surface area contributed by atoms with Gasteiger partial charge in [-0.1, -0.05) is 122 Å². The summed E-state index contributed by atoms with van der Waals surface area (Å²) in [5.41, 5.74) is 25.7. The molecule has 1 aliphatic heterocycles. The van der Waals surface area contributed by atoms with Gasteiger partial charge in [0, 0.05) is 45.9 Å². The van der Waals surface area contributed by atoms with E-state index < -0.39 is 0 Å². The summed E-state index contributed by atoms with van der Waals surface area (Å²) >= 11 is 0. The van der Waals surface area contributed by atoms with Crippen molar-refractivity contribution in [2.24, 2.45) is 10.7 Å². The monoisotopic (exact) mass is 808 g/mol. The smallest absolute Gasteiger partial charge is 0.0647 e. The number of allylic oxidation sites excluding steroid dienone is 18. The molecular formula is C58H56N4. The van der Waals surface area contributed by atoms with Gasteiger partial charge >= 0.3 is 0 Å². The molecule has 0 saturated carbocycles. The van der Waals surface area contributed by atoms with Crippen LogP contribution >= 0.6 is 0 Å². The highest BCUT2D eigenvalue weighted by molar-refractivity contribution is 6.09. The highest BCUT2D eigenvalue weighted by atomic mass is 15.1. The summed E-state index contributed by atoms with van der Waals surface area (Å²) in [6.45, 7) is 5.20. The summed E-state index contributed by atoms with van der Waals surface area (Å²) in [7, 11) is 0. The third-order valence-electron chi connectivity index (χ3n) is 13.2. The molecule has 62 heavy (non-hydrogen) atoms. The number of hydrogen-bond acceptors (Lipinski definition) is 3. The molecule has 2 heterocycles. The van der Waals surface area contributed by atoms with Crippen molar-refractivity contribution in [2.45, 2.75) is 83.1 Å². The van der Waals surface area contributed by atoms with Gasteiger partial charge in [0.1, 0.15) is 0 Å². The zero-order chi connectivity index (χ0) is 41.8. The topological polar surface area (TPSA) is 46.5 Å². The van der Waals surface area contributed by atoms with Crippen LogP contribution in [0.1, 0.15) is 98.1 Å². The number of anilines is 1. The Labute approximate surface area is 367 Å². The van der Waals surface area contributed by atoms with Crippen molar-refractivity contribution < 1.29 is 0 Å². The van der Waals surface area contributed by atoms with Gasteiger partial charge in [0.2, 0.25) is 0 Å². The Morgan fingerprint density at radius 1 is 0.774 bits per heavy atom. The Morgan fingerprint density at radius 3 is 2.47 bits per heavy atom. The maximum absolute atomic E-state index is 6.69. The van der Waals surface area contributed by atoms with E-state index in [0.29, 0.717) is 6.54 Å². The van der Waals surface area contributed by atoms with Crippen LogP contribution in [0.5, 0.6) is 0 Å². The van der Waals surface area contributed by atoms with Crippen molar-refractivity contribution in [3.05, 3.63) is 215 Å². The zero-order valence-electron chi connectivity index (χ0n) is 35.8. The maximum atomic E-state index is 6.69. The number of aliphatic imine (C=N–C) groups is 1. The maximum Gasteiger partial charge on any atom is 0.0647 e. The standard InChI is InChI=1S/C58H56N4/c1-41-18-13-14-37-61(47-35-33-43(34-36-47)50-29-16-30-52-51-27-11-12-31-55(51)62(58(50)52)48-25-9-4-10-26-48)56-32-17-28-49(57(41)56)46-24-15-19-42(38-46)40-60-54(45-22-7-3-8-23-45)39-53(59)44-20-5-2-6-21-44/h5,9,12-22,24-26,28-33,35-39,43H,1-4,6-8,10-11,23,27,34,40,59H2/b18-13-,37-14-,53-39-,60-54+. The van der Waals surface area contributed by atoms with Crippen LogP contribution in [0.2, 0.25) is 0 Å². The molecule has 1 atom stereocenters. The first-order chi connectivity index (χ1) is 30.6. The van der Waals surface area contributed by atoms with E-state index in [4.69, 9.17) is 10.7 Å². The van der Waals surface area contributed by atoms with Crippen molar-refractivity contribution in [3.63, 3.8) is 0 Å². The van der Waals surface area contributed by atoms with Gasteiger partial charge in [-0.25, -0.2) is 0 Å². The van der Waals surface area contributed by atoms with Crippen LogP contribution in [-0.2, 0) is 13.0 Å². The molecule has 1 unspecified atom stereocenters. The average molecular weight is 809 g/mol. The molecule has 1 aromatic heterocycles. The van der Waals surface area contributed by atoms with Crippen molar-refractivity contribution in [1.29, 1.82) is 0 Å². The number of aromatic nitrogens is 1. The number of nitrogens with two attached hydrogens (primary N) is 1. The Bertz CT molecular complexity index is 2830. The minimum atomic E-state index is 0.266. The predicted molar refractivity (Wildman–Crippen MR) is 265 cm³/mol. The third kappa shape index (κ3) is 7.86. The first-order valence-corrected chi connectivity index (χ1v) is 22.8. The molecule has 0 spiro atoms. The zero-order valence-corrected chi connectivity index (χ0v) is 35.8. The number of nitrogens with zero attached hydrogens (tertiary/aromatic N) is 3. The summed E-state index contributed by atoms with van der Waals surface area (Å²) in [6, 6.07) is 22.5. The van der Waals surface area contributed by atoms with Crippen molar-refractivity contribution in [2.75, 3.05) is 4.90 Å². The predicted octanol–water partition coefficient (Wildman–Crippen LogP) is 14.5. The number of para-hydroxylation sites is 1. The first-order valence-electron chi connectivity index (χ1n) is 22.8. The number of benzene rings is 3. The van der Waals surface area contributed by atoms with Gasteiger partial charge in [-0.15, -0.1) is 0 Å². The van der Waals surface area contributed by atoms with Gasteiger partial charge in [0.15, 0.2) is 0 Å². The molecule has 10 rings (SSSR count).